The number of hydrogen-bond donors (Lipinski definition) is 2. The molecule has 0 saturated heterocycles. The van der Waals surface area contributed by atoms with Crippen molar-refractivity contribution in [3.8, 4) is 0 Å². The number of nitrogen functional groups attached to an aromatic ring is 1. The van der Waals surface area contributed by atoms with Gasteiger partial charge < -0.3 is 5.73 Å². The van der Waals surface area contributed by atoms with Crippen molar-refractivity contribution in [3.05, 3.63) is 23.9 Å². The summed E-state index contributed by atoms with van der Waals surface area (Å²) in [5.74, 6) is -0.0225. The van der Waals surface area contributed by atoms with Crippen molar-refractivity contribution in [2.45, 2.75) is 10.2 Å². The Labute approximate surface area is 95.6 Å². The zero-order chi connectivity index (χ0) is 11.5. The molecule has 0 atom stereocenters. The van der Waals surface area contributed by atoms with E-state index < -0.39 is 0 Å². The molecule has 2 heterocycles. The lowest BCUT2D eigenvalue weighted by molar-refractivity contribution is 0.664. The topological polar surface area (TPSA) is 106 Å². The predicted molar refractivity (Wildman–Crippen MR) is 58.2 cm³/mol. The molecule has 8 heteroatoms. The minimum atomic E-state index is -0.0225. The normalized spacial score (nSPS) is 10.3. The molecular weight excluding hydrogens is 226 g/mol. The smallest absolute Gasteiger partial charge is 0.215 e. The fourth-order valence-corrected chi connectivity index (χ4v) is 1.89. The Bertz CT molecular complexity index is 521. The van der Waals surface area contributed by atoms with Crippen molar-refractivity contribution in [2.24, 2.45) is 12.8 Å². The summed E-state index contributed by atoms with van der Waals surface area (Å²) in [7, 11) is 1.73. The summed E-state index contributed by atoms with van der Waals surface area (Å²) in [5, 5.41) is 19.7. The van der Waals surface area contributed by atoms with E-state index in [1.54, 1.807) is 25.4 Å². The molecule has 0 aromatic carbocycles. The average Bonchev–Trinajstić information content (AvgIpc) is 2.65. The van der Waals surface area contributed by atoms with E-state index in [1.165, 1.54) is 16.4 Å². The monoisotopic (exact) mass is 235 g/mol. The van der Waals surface area contributed by atoms with Crippen molar-refractivity contribution < 1.29 is 0 Å². The number of nitrogens with zero attached hydrogens (tertiary/aromatic N) is 5. The van der Waals surface area contributed by atoms with Gasteiger partial charge in [-0.05, 0) is 34.3 Å². The molecule has 0 radical (unpaired) electrons. The fourth-order valence-electron chi connectivity index (χ4n) is 1.07. The van der Waals surface area contributed by atoms with Gasteiger partial charge in [-0.15, -0.1) is 5.10 Å². The summed E-state index contributed by atoms with van der Waals surface area (Å²) in [6.07, 6.45) is 1.64. The molecule has 0 spiro atoms. The lowest BCUT2D eigenvalue weighted by Gasteiger charge is -2.04. The molecule has 0 fully saturated rings. The van der Waals surface area contributed by atoms with Crippen LogP contribution in [0, 0.1) is 5.41 Å². The number of tetrazole rings is 1. The number of rotatable bonds is 3. The van der Waals surface area contributed by atoms with Gasteiger partial charge in [0, 0.05) is 18.8 Å². The molecule has 0 amide bonds. The van der Waals surface area contributed by atoms with Crippen LogP contribution in [-0.4, -0.2) is 31.0 Å². The van der Waals surface area contributed by atoms with Crippen LogP contribution in [0.2, 0.25) is 0 Å². The third-order valence-electron chi connectivity index (χ3n) is 1.83. The largest absolute Gasteiger partial charge is 0.384 e. The van der Waals surface area contributed by atoms with Gasteiger partial charge in [0.1, 0.15) is 10.9 Å². The predicted octanol–water partition coefficient (Wildman–Crippen LogP) is 0.0404. The Hall–Kier alpha value is -1.96. The average molecular weight is 235 g/mol. The first-order valence-corrected chi connectivity index (χ1v) is 5.19. The van der Waals surface area contributed by atoms with Crippen molar-refractivity contribution in [1.82, 2.24) is 25.2 Å². The number of nitrogens with one attached hydrogen (secondary N) is 1. The molecule has 2 aromatic heterocycles. The Kier molecular flexibility index (Phi) is 2.82. The molecule has 16 heavy (non-hydrogen) atoms. The maximum absolute atomic E-state index is 7.42. The van der Waals surface area contributed by atoms with Crippen LogP contribution in [0.4, 0.5) is 0 Å². The summed E-state index contributed by atoms with van der Waals surface area (Å²) in [5.41, 5.74) is 6.03. The molecule has 0 aliphatic heterocycles. The second-order valence-electron chi connectivity index (χ2n) is 2.96. The zero-order valence-electron chi connectivity index (χ0n) is 8.45. The molecule has 2 rings (SSSR count). The van der Waals surface area contributed by atoms with Crippen LogP contribution in [-0.2, 0) is 7.05 Å². The third kappa shape index (κ3) is 2.01. The molecule has 0 unspecified atom stereocenters. The van der Waals surface area contributed by atoms with Gasteiger partial charge in [-0.3, -0.25) is 5.41 Å². The highest BCUT2D eigenvalue weighted by atomic mass is 32.2. The van der Waals surface area contributed by atoms with Crippen LogP contribution in [0.3, 0.4) is 0 Å². The zero-order valence-corrected chi connectivity index (χ0v) is 9.27. The van der Waals surface area contributed by atoms with Gasteiger partial charge in [0.15, 0.2) is 0 Å². The standard InChI is InChI=1S/C8H9N7S/c1-15-8(12-13-14-15)16-7-5(6(9)10)3-2-4-11-7/h2-4H,1H3,(H3,9,10). The molecule has 3 N–H and O–H groups in total. The van der Waals surface area contributed by atoms with Crippen molar-refractivity contribution >= 4 is 17.6 Å². The lowest BCUT2D eigenvalue weighted by atomic mass is 10.3. The quantitative estimate of drug-likeness (QED) is 0.574. The second-order valence-corrected chi connectivity index (χ2v) is 3.91. The van der Waals surface area contributed by atoms with Crippen molar-refractivity contribution in [2.75, 3.05) is 0 Å². The Morgan fingerprint density at radius 1 is 1.56 bits per heavy atom. The molecule has 0 aliphatic rings. The summed E-state index contributed by atoms with van der Waals surface area (Å²) in [6.45, 7) is 0. The van der Waals surface area contributed by atoms with Gasteiger partial charge in [-0.2, -0.15) is 0 Å². The maximum Gasteiger partial charge on any atom is 0.215 e. The first-order chi connectivity index (χ1) is 7.68. The van der Waals surface area contributed by atoms with Gasteiger partial charge in [0.25, 0.3) is 0 Å². The molecule has 2 aromatic rings. The number of nitrogens with two attached hydrogens (primary N) is 1. The van der Waals surface area contributed by atoms with E-state index in [0.717, 1.165) is 0 Å². The van der Waals surface area contributed by atoms with Crippen LogP contribution in [0.25, 0.3) is 0 Å². The SMILES string of the molecule is Cn1nnnc1Sc1ncccc1C(=N)N. The fraction of sp³-hybridized carbons (Fsp3) is 0.125. The van der Waals surface area contributed by atoms with E-state index in [1.807, 2.05) is 0 Å². The number of aromatic nitrogens is 5. The Morgan fingerprint density at radius 2 is 2.38 bits per heavy atom. The highest BCUT2D eigenvalue weighted by molar-refractivity contribution is 7.99. The summed E-state index contributed by atoms with van der Waals surface area (Å²) < 4.78 is 1.53. The summed E-state index contributed by atoms with van der Waals surface area (Å²) in [4.78, 5) is 4.15. The van der Waals surface area contributed by atoms with E-state index in [-0.39, 0.29) is 5.84 Å². The van der Waals surface area contributed by atoms with Crippen molar-refractivity contribution in [3.63, 3.8) is 0 Å². The van der Waals surface area contributed by atoms with Gasteiger partial charge in [-0.1, -0.05) is 0 Å². The Morgan fingerprint density at radius 3 is 3.00 bits per heavy atom. The lowest BCUT2D eigenvalue weighted by Crippen LogP contribution is -2.13. The summed E-state index contributed by atoms with van der Waals surface area (Å²) in [6, 6.07) is 3.47. The van der Waals surface area contributed by atoms with Crippen LogP contribution in [0.5, 0.6) is 0 Å². The first-order valence-electron chi connectivity index (χ1n) is 4.38. The molecule has 0 bridgehead atoms. The molecule has 0 saturated carbocycles. The number of amidine groups is 1. The van der Waals surface area contributed by atoms with Gasteiger partial charge in [0.2, 0.25) is 5.16 Å². The summed E-state index contributed by atoms with van der Waals surface area (Å²) >= 11 is 1.27. The Balaban J connectivity index is 2.35. The first kappa shape index (κ1) is 10.6. The van der Waals surface area contributed by atoms with E-state index in [9.17, 15) is 0 Å². The minimum Gasteiger partial charge on any atom is -0.384 e. The third-order valence-corrected chi connectivity index (χ3v) is 2.88. The molecule has 0 aliphatic carbocycles. The van der Waals surface area contributed by atoms with E-state index >= 15 is 0 Å². The van der Waals surface area contributed by atoms with Gasteiger partial charge in [-0.25, -0.2) is 9.67 Å². The number of hydrogen-bond acceptors (Lipinski definition) is 6. The molecular formula is C8H9N7S. The van der Waals surface area contributed by atoms with E-state index in [4.69, 9.17) is 11.1 Å². The van der Waals surface area contributed by atoms with E-state index in [0.29, 0.717) is 15.7 Å². The minimum absolute atomic E-state index is 0.0225. The number of aryl methyl sites for hydroxylation is 1. The highest BCUT2D eigenvalue weighted by Gasteiger charge is 2.11. The maximum atomic E-state index is 7.42. The van der Waals surface area contributed by atoms with Crippen LogP contribution in [0.1, 0.15) is 5.56 Å². The van der Waals surface area contributed by atoms with Crippen molar-refractivity contribution in [1.29, 1.82) is 5.41 Å². The molecule has 82 valence electrons. The van der Waals surface area contributed by atoms with Crippen LogP contribution in [0.15, 0.2) is 28.5 Å². The second kappa shape index (κ2) is 4.27. The van der Waals surface area contributed by atoms with E-state index in [2.05, 4.69) is 20.5 Å². The number of pyridine rings is 1. The van der Waals surface area contributed by atoms with Crippen LogP contribution >= 0.6 is 11.8 Å². The van der Waals surface area contributed by atoms with Gasteiger partial charge in [0.05, 0.1) is 0 Å². The van der Waals surface area contributed by atoms with Gasteiger partial charge >= 0.3 is 0 Å². The highest BCUT2D eigenvalue weighted by Crippen LogP contribution is 2.25. The van der Waals surface area contributed by atoms with Crippen LogP contribution < -0.4 is 5.73 Å². The molecule has 7 nitrogen and oxygen atoms in total.